The first-order valence-electron chi connectivity index (χ1n) is 7.15. The van der Waals surface area contributed by atoms with E-state index in [0.717, 1.165) is 0 Å². The Morgan fingerprint density at radius 2 is 1.38 bits per heavy atom. The zero-order valence-electron chi connectivity index (χ0n) is 12.0. The summed E-state index contributed by atoms with van der Waals surface area (Å²) in [5, 5.41) is 0. The number of nitrogens with zero attached hydrogens (tertiary/aromatic N) is 2. The molecule has 2 heteroatoms. The highest BCUT2D eigenvalue weighted by atomic mass is 15.1. The Balaban J connectivity index is 3.45. The highest BCUT2D eigenvalue weighted by Gasteiger charge is 2.06. The van der Waals surface area contributed by atoms with Crippen LogP contribution in [-0.2, 0) is 0 Å². The summed E-state index contributed by atoms with van der Waals surface area (Å²) in [6.07, 6.45) is 6.55. The molecule has 0 bridgehead atoms. The lowest BCUT2D eigenvalue weighted by atomic mass is 10.2. The topological polar surface area (TPSA) is 9.14 Å². The Hall–Kier alpha value is -0.0800. The maximum atomic E-state index is 2.61. The van der Waals surface area contributed by atoms with E-state index in [4.69, 9.17) is 0 Å². The van der Waals surface area contributed by atoms with Gasteiger partial charge in [-0.15, -0.1) is 0 Å². The average Bonchev–Trinajstić information content (AvgIpc) is 2.25. The van der Waals surface area contributed by atoms with Gasteiger partial charge in [0.1, 0.15) is 20.1 Å². The molecule has 0 aliphatic heterocycles. The molecule has 0 unspecified atom stereocenters. The van der Waals surface area contributed by atoms with Gasteiger partial charge in [0.15, 0.2) is 0 Å². The second-order valence-electron chi connectivity index (χ2n) is 4.85. The molecule has 0 aliphatic rings. The predicted octanol–water partition coefficient (Wildman–Crippen LogP) is 3.07. The lowest BCUT2D eigenvalue weighted by Gasteiger charge is -2.20. The first-order valence-corrected chi connectivity index (χ1v) is 7.15. The summed E-state index contributed by atoms with van der Waals surface area (Å²) in [7, 11) is 2.24. The number of unbranched alkanes of at least 4 members (excludes halogenated alkanes) is 1. The van der Waals surface area contributed by atoms with Crippen LogP contribution < -0.4 is 4.90 Å². The van der Waals surface area contributed by atoms with Gasteiger partial charge in [-0.2, -0.15) is 4.90 Å². The van der Waals surface area contributed by atoms with Crippen molar-refractivity contribution in [1.82, 2.24) is 9.80 Å². The molecule has 0 amide bonds. The lowest BCUT2D eigenvalue weighted by Crippen LogP contribution is -2.29. The van der Waals surface area contributed by atoms with E-state index >= 15 is 0 Å². The molecule has 0 saturated carbocycles. The molecular formula is C14H32N2+. The highest BCUT2D eigenvalue weighted by Crippen LogP contribution is 1.99. The van der Waals surface area contributed by atoms with Crippen LogP contribution in [0.5, 0.6) is 0 Å². The Morgan fingerprint density at radius 3 is 1.88 bits per heavy atom. The van der Waals surface area contributed by atoms with Crippen LogP contribution in [-0.4, -0.2) is 44.7 Å². The van der Waals surface area contributed by atoms with E-state index in [9.17, 15) is 0 Å². The van der Waals surface area contributed by atoms with Gasteiger partial charge in [0.2, 0.25) is 0 Å². The molecule has 0 aliphatic carbocycles. The van der Waals surface area contributed by atoms with Crippen molar-refractivity contribution < 1.29 is 0 Å². The molecule has 0 aromatic rings. The largest absolute Gasteiger partial charge is 0.303 e. The second-order valence-corrected chi connectivity index (χ2v) is 4.85. The van der Waals surface area contributed by atoms with Crippen molar-refractivity contribution in [3.8, 4) is 0 Å². The fraction of sp³-hybridized carbons (Fsp3) is 1.00. The molecule has 0 rings (SSSR count). The second kappa shape index (κ2) is 11.4. The third-order valence-corrected chi connectivity index (χ3v) is 2.95. The van der Waals surface area contributed by atoms with Crippen molar-refractivity contribution in [2.75, 3.05) is 39.8 Å². The maximum absolute atomic E-state index is 2.61. The Morgan fingerprint density at radius 1 is 0.750 bits per heavy atom. The summed E-state index contributed by atoms with van der Waals surface area (Å²) in [6, 6.07) is 0. The first-order chi connectivity index (χ1) is 7.74. The molecule has 0 fully saturated rings. The minimum Gasteiger partial charge on any atom is -0.303 e. The Kier molecular flexibility index (Phi) is 11.3. The van der Waals surface area contributed by atoms with E-state index in [-0.39, 0.29) is 0 Å². The van der Waals surface area contributed by atoms with Crippen LogP contribution in [0, 0.1) is 0 Å². The molecule has 16 heavy (non-hydrogen) atoms. The van der Waals surface area contributed by atoms with E-state index in [0.29, 0.717) is 0 Å². The SMILES string of the molecule is CCCN(CCC)CCCC[N+](C)CCC. The average molecular weight is 228 g/mol. The predicted molar refractivity (Wildman–Crippen MR) is 74.3 cm³/mol. The summed E-state index contributed by atoms with van der Waals surface area (Å²) in [6.45, 7) is 13.2. The molecule has 0 atom stereocenters. The summed E-state index contributed by atoms with van der Waals surface area (Å²) >= 11 is 0. The fourth-order valence-electron chi connectivity index (χ4n) is 2.18. The van der Waals surface area contributed by atoms with E-state index in [1.807, 2.05) is 0 Å². The van der Waals surface area contributed by atoms with E-state index in [1.165, 1.54) is 64.8 Å². The highest BCUT2D eigenvalue weighted by molar-refractivity contribution is 4.60. The van der Waals surface area contributed by atoms with Crippen LogP contribution in [0.15, 0.2) is 0 Å². The van der Waals surface area contributed by atoms with Crippen molar-refractivity contribution in [3.63, 3.8) is 0 Å². The quantitative estimate of drug-likeness (QED) is 0.390. The van der Waals surface area contributed by atoms with Gasteiger partial charge in [-0.05, 0) is 45.3 Å². The van der Waals surface area contributed by atoms with Crippen LogP contribution >= 0.6 is 0 Å². The molecule has 1 radical (unpaired) electrons. The fourth-order valence-corrected chi connectivity index (χ4v) is 2.18. The van der Waals surface area contributed by atoms with Gasteiger partial charge in [0, 0.05) is 6.42 Å². The van der Waals surface area contributed by atoms with E-state index < -0.39 is 0 Å². The van der Waals surface area contributed by atoms with Crippen LogP contribution in [0.1, 0.15) is 52.9 Å². The molecule has 2 nitrogen and oxygen atoms in total. The summed E-state index contributed by atoms with van der Waals surface area (Å²) in [5.41, 5.74) is 0. The smallest absolute Gasteiger partial charge is 0.122 e. The molecule has 0 saturated heterocycles. The normalized spacial score (nSPS) is 11.6. The summed E-state index contributed by atoms with van der Waals surface area (Å²) < 4.78 is 0. The number of rotatable bonds is 11. The van der Waals surface area contributed by atoms with Crippen molar-refractivity contribution >= 4 is 0 Å². The number of hydrogen-bond acceptors (Lipinski definition) is 2. The van der Waals surface area contributed by atoms with Gasteiger partial charge in [-0.3, -0.25) is 0 Å². The van der Waals surface area contributed by atoms with Crippen LogP contribution in [0.3, 0.4) is 0 Å². The van der Waals surface area contributed by atoms with E-state index in [2.05, 4.69) is 37.6 Å². The van der Waals surface area contributed by atoms with Gasteiger partial charge in [-0.25, -0.2) is 0 Å². The minimum absolute atomic E-state index is 1.24. The molecule has 0 spiro atoms. The zero-order chi connectivity index (χ0) is 12.2. The molecule has 0 aromatic heterocycles. The van der Waals surface area contributed by atoms with Crippen molar-refractivity contribution in [2.45, 2.75) is 52.9 Å². The van der Waals surface area contributed by atoms with Gasteiger partial charge in [0.25, 0.3) is 0 Å². The molecule has 0 aromatic carbocycles. The maximum Gasteiger partial charge on any atom is 0.122 e. The number of hydrogen-bond donors (Lipinski definition) is 0. The van der Waals surface area contributed by atoms with Gasteiger partial charge < -0.3 is 4.90 Å². The molecule has 97 valence electrons. The molecular weight excluding hydrogens is 196 g/mol. The van der Waals surface area contributed by atoms with Gasteiger partial charge in [-0.1, -0.05) is 20.8 Å². The summed E-state index contributed by atoms with van der Waals surface area (Å²) in [5.74, 6) is 0. The molecule has 0 heterocycles. The third kappa shape index (κ3) is 9.17. The third-order valence-electron chi connectivity index (χ3n) is 2.95. The van der Waals surface area contributed by atoms with Crippen molar-refractivity contribution in [1.29, 1.82) is 0 Å². The first kappa shape index (κ1) is 15.9. The monoisotopic (exact) mass is 228 g/mol. The zero-order valence-corrected chi connectivity index (χ0v) is 12.0. The van der Waals surface area contributed by atoms with Crippen molar-refractivity contribution in [3.05, 3.63) is 0 Å². The van der Waals surface area contributed by atoms with Gasteiger partial charge in [0.05, 0.1) is 0 Å². The minimum atomic E-state index is 1.24. The standard InChI is InChI=1S/C14H32N2/c1-5-10-15(4)13-8-9-14-16(11-6-2)12-7-3/h5-14H2,1-4H3/q+1. The Bertz CT molecular complexity index is 131. The van der Waals surface area contributed by atoms with Crippen LogP contribution in [0.2, 0.25) is 0 Å². The van der Waals surface area contributed by atoms with Crippen LogP contribution in [0.4, 0.5) is 0 Å². The summed E-state index contributed by atoms with van der Waals surface area (Å²) in [4.78, 5) is 5.06. The van der Waals surface area contributed by atoms with E-state index in [1.54, 1.807) is 0 Å². The van der Waals surface area contributed by atoms with Crippen molar-refractivity contribution in [2.24, 2.45) is 0 Å². The Labute approximate surface area is 103 Å². The molecule has 0 N–H and O–H groups in total. The van der Waals surface area contributed by atoms with Crippen LogP contribution in [0.25, 0.3) is 0 Å². The van der Waals surface area contributed by atoms with Gasteiger partial charge >= 0.3 is 0 Å². The lowest BCUT2D eigenvalue weighted by molar-refractivity contribution is 0.266.